The fourth-order valence-corrected chi connectivity index (χ4v) is 1.95. The SMILES string of the molecule is COC(=O)/C=C/C(=O)OCC(CN1CCCN1)OC(=O)/C=C/C(=O)OC. The van der Waals surface area contributed by atoms with E-state index < -0.39 is 30.0 Å². The van der Waals surface area contributed by atoms with Crippen LogP contribution in [-0.2, 0) is 38.1 Å². The zero-order valence-electron chi connectivity index (χ0n) is 14.6. The molecular formula is C16H22N2O8. The molecule has 0 aromatic heterocycles. The number of esters is 4. The largest absolute Gasteiger partial charge is 0.466 e. The molecule has 0 aliphatic carbocycles. The Bertz CT molecular complexity index is 567. The van der Waals surface area contributed by atoms with Crippen LogP contribution in [-0.4, -0.2) is 75.5 Å². The number of rotatable bonds is 9. The molecular weight excluding hydrogens is 348 g/mol. The van der Waals surface area contributed by atoms with Gasteiger partial charge in [0.25, 0.3) is 0 Å². The lowest BCUT2D eigenvalue weighted by atomic mass is 10.3. The van der Waals surface area contributed by atoms with E-state index in [0.29, 0.717) is 0 Å². The third-order valence-corrected chi connectivity index (χ3v) is 3.17. The number of carbonyl (C=O) groups is 4. The van der Waals surface area contributed by atoms with Crippen molar-refractivity contribution in [3.05, 3.63) is 24.3 Å². The Labute approximate surface area is 150 Å². The average Bonchev–Trinajstić information content (AvgIpc) is 3.14. The molecule has 0 aromatic rings. The number of hydrogen-bond acceptors (Lipinski definition) is 10. The summed E-state index contributed by atoms with van der Waals surface area (Å²) in [5, 5.41) is 1.83. The molecule has 10 heteroatoms. The number of hydrogen-bond donors (Lipinski definition) is 1. The van der Waals surface area contributed by atoms with E-state index in [1.54, 1.807) is 0 Å². The third kappa shape index (κ3) is 8.94. The monoisotopic (exact) mass is 370 g/mol. The normalized spacial score (nSPS) is 15.8. The van der Waals surface area contributed by atoms with Gasteiger partial charge in [-0.3, -0.25) is 5.43 Å². The second-order valence-electron chi connectivity index (χ2n) is 5.11. The van der Waals surface area contributed by atoms with Gasteiger partial charge in [0.2, 0.25) is 0 Å². The lowest BCUT2D eigenvalue weighted by molar-refractivity contribution is -0.154. The minimum Gasteiger partial charge on any atom is -0.466 e. The minimum atomic E-state index is -0.782. The lowest BCUT2D eigenvalue weighted by Gasteiger charge is -2.22. The molecule has 0 aromatic carbocycles. The van der Waals surface area contributed by atoms with Crippen molar-refractivity contribution in [2.45, 2.75) is 12.5 Å². The molecule has 1 saturated heterocycles. The van der Waals surface area contributed by atoms with Crippen molar-refractivity contribution in [3.8, 4) is 0 Å². The Morgan fingerprint density at radius 2 is 1.54 bits per heavy atom. The van der Waals surface area contributed by atoms with Gasteiger partial charge in [-0.15, -0.1) is 0 Å². The molecule has 1 aliphatic rings. The van der Waals surface area contributed by atoms with Gasteiger partial charge >= 0.3 is 23.9 Å². The predicted octanol–water partition coefficient (Wildman–Crippen LogP) is -0.890. The molecule has 1 N–H and O–H groups in total. The van der Waals surface area contributed by atoms with Crippen molar-refractivity contribution in [3.63, 3.8) is 0 Å². The van der Waals surface area contributed by atoms with Crippen molar-refractivity contribution >= 4 is 23.9 Å². The van der Waals surface area contributed by atoms with Crippen LogP contribution in [0.1, 0.15) is 6.42 Å². The highest BCUT2D eigenvalue weighted by molar-refractivity contribution is 5.92. The van der Waals surface area contributed by atoms with Gasteiger partial charge in [-0.05, 0) is 6.42 Å². The van der Waals surface area contributed by atoms with Crippen molar-refractivity contribution in [1.82, 2.24) is 10.4 Å². The van der Waals surface area contributed by atoms with E-state index >= 15 is 0 Å². The molecule has 10 nitrogen and oxygen atoms in total. The van der Waals surface area contributed by atoms with Gasteiger partial charge in [-0.25, -0.2) is 24.2 Å². The average molecular weight is 370 g/mol. The minimum absolute atomic E-state index is 0.222. The zero-order chi connectivity index (χ0) is 19.4. The molecule has 144 valence electrons. The van der Waals surface area contributed by atoms with Crippen molar-refractivity contribution < 1.29 is 38.1 Å². The van der Waals surface area contributed by atoms with E-state index in [0.717, 1.165) is 43.8 Å². The summed E-state index contributed by atoms with van der Waals surface area (Å²) in [6, 6.07) is 0. The van der Waals surface area contributed by atoms with E-state index in [9.17, 15) is 19.2 Å². The third-order valence-electron chi connectivity index (χ3n) is 3.17. The summed E-state index contributed by atoms with van der Waals surface area (Å²) in [5.41, 5.74) is 3.09. The van der Waals surface area contributed by atoms with Gasteiger partial charge in [0, 0.05) is 37.4 Å². The van der Waals surface area contributed by atoms with Crippen LogP contribution in [0, 0.1) is 0 Å². The summed E-state index contributed by atoms with van der Waals surface area (Å²) in [6.45, 7) is 1.61. The summed E-state index contributed by atoms with van der Waals surface area (Å²) in [4.78, 5) is 45.3. The quantitative estimate of drug-likeness (QED) is 0.311. The molecule has 1 unspecified atom stereocenters. The van der Waals surface area contributed by atoms with Crippen LogP contribution in [0.3, 0.4) is 0 Å². The van der Waals surface area contributed by atoms with E-state index in [-0.39, 0.29) is 13.2 Å². The molecule has 1 atom stereocenters. The van der Waals surface area contributed by atoms with Crippen LogP contribution in [0.25, 0.3) is 0 Å². The first-order valence-electron chi connectivity index (χ1n) is 7.82. The lowest BCUT2D eigenvalue weighted by Crippen LogP contribution is -2.41. The second-order valence-corrected chi connectivity index (χ2v) is 5.11. The standard InChI is InChI=1S/C16H22N2O8/c1-23-13(19)4-6-15(21)25-11-12(10-18-9-3-8-17-18)26-16(22)7-5-14(20)24-2/h4-7,12,17H,3,8-11H2,1-2H3/b6-4+,7-5+. The number of ether oxygens (including phenoxy) is 4. The molecule has 1 heterocycles. The van der Waals surface area contributed by atoms with Crippen LogP contribution < -0.4 is 5.43 Å². The molecule has 26 heavy (non-hydrogen) atoms. The highest BCUT2D eigenvalue weighted by atomic mass is 16.6. The van der Waals surface area contributed by atoms with Crippen LogP contribution in [0.5, 0.6) is 0 Å². The maximum atomic E-state index is 11.8. The topological polar surface area (TPSA) is 120 Å². The molecule has 1 rings (SSSR count). The maximum absolute atomic E-state index is 11.8. The van der Waals surface area contributed by atoms with Crippen molar-refractivity contribution in [2.24, 2.45) is 0 Å². The molecule has 1 fully saturated rings. The van der Waals surface area contributed by atoms with Crippen molar-refractivity contribution in [2.75, 3.05) is 40.5 Å². The predicted molar refractivity (Wildman–Crippen MR) is 87.3 cm³/mol. The number of carbonyl (C=O) groups excluding carboxylic acids is 4. The summed E-state index contributed by atoms with van der Waals surface area (Å²) in [5.74, 6) is -2.95. The van der Waals surface area contributed by atoms with Gasteiger partial charge in [-0.2, -0.15) is 0 Å². The Morgan fingerprint density at radius 1 is 0.962 bits per heavy atom. The van der Waals surface area contributed by atoms with Crippen LogP contribution in [0.2, 0.25) is 0 Å². The smallest absolute Gasteiger partial charge is 0.331 e. The number of methoxy groups -OCH3 is 2. The second kappa shape index (κ2) is 11.8. The van der Waals surface area contributed by atoms with E-state index in [1.165, 1.54) is 14.2 Å². The highest BCUT2D eigenvalue weighted by Gasteiger charge is 2.21. The maximum Gasteiger partial charge on any atom is 0.331 e. The van der Waals surface area contributed by atoms with Gasteiger partial charge in [0.05, 0.1) is 20.8 Å². The first-order chi connectivity index (χ1) is 12.4. The summed E-state index contributed by atoms with van der Waals surface area (Å²) >= 11 is 0. The first-order valence-corrected chi connectivity index (χ1v) is 7.82. The van der Waals surface area contributed by atoms with Crippen LogP contribution in [0.15, 0.2) is 24.3 Å². The molecule has 0 saturated carbocycles. The summed E-state index contributed by atoms with van der Waals surface area (Å²) in [6.07, 6.45) is 3.85. The van der Waals surface area contributed by atoms with E-state index in [4.69, 9.17) is 9.47 Å². The van der Waals surface area contributed by atoms with Gasteiger partial charge in [-0.1, -0.05) is 0 Å². The van der Waals surface area contributed by atoms with E-state index in [2.05, 4.69) is 14.9 Å². The molecule has 0 amide bonds. The first kappa shape index (κ1) is 21.3. The summed E-state index contributed by atoms with van der Waals surface area (Å²) in [7, 11) is 2.36. The van der Waals surface area contributed by atoms with Gasteiger partial charge in [0.15, 0.2) is 6.10 Å². The number of hydrazine groups is 1. The number of nitrogens with zero attached hydrogens (tertiary/aromatic N) is 1. The molecule has 1 aliphatic heterocycles. The summed E-state index contributed by atoms with van der Waals surface area (Å²) < 4.78 is 18.9. The van der Waals surface area contributed by atoms with Crippen LogP contribution in [0.4, 0.5) is 0 Å². The molecule has 0 radical (unpaired) electrons. The zero-order valence-corrected chi connectivity index (χ0v) is 14.6. The van der Waals surface area contributed by atoms with Crippen LogP contribution >= 0.6 is 0 Å². The van der Waals surface area contributed by atoms with Gasteiger partial charge < -0.3 is 18.9 Å². The Morgan fingerprint density at radius 3 is 2.08 bits per heavy atom. The number of nitrogens with one attached hydrogen (secondary N) is 1. The Balaban J connectivity index is 2.57. The molecule has 0 bridgehead atoms. The van der Waals surface area contributed by atoms with Gasteiger partial charge in [0.1, 0.15) is 6.61 Å². The Kier molecular flexibility index (Phi) is 9.65. The van der Waals surface area contributed by atoms with Crippen molar-refractivity contribution in [1.29, 1.82) is 0 Å². The fourth-order valence-electron chi connectivity index (χ4n) is 1.95. The van der Waals surface area contributed by atoms with E-state index in [1.807, 2.05) is 5.01 Å². The fraction of sp³-hybridized carbons (Fsp3) is 0.500. The highest BCUT2D eigenvalue weighted by Crippen LogP contribution is 2.04. The Hall–Kier alpha value is -2.72. The molecule has 0 spiro atoms.